The molecule has 0 aromatic heterocycles. The largest absolute Gasteiger partial charge is 0.444 e. The molecule has 4 aliphatic heterocycles. The van der Waals surface area contributed by atoms with E-state index in [2.05, 4.69) is 30.7 Å². The van der Waals surface area contributed by atoms with Gasteiger partial charge in [0.05, 0.1) is 28.5 Å². The summed E-state index contributed by atoms with van der Waals surface area (Å²) in [5.41, 5.74) is -3.09. The van der Waals surface area contributed by atoms with Gasteiger partial charge in [-0.15, -0.1) is 0 Å². The minimum absolute atomic E-state index is 0.00378. The molecule has 30 nitrogen and oxygen atoms in total. The van der Waals surface area contributed by atoms with Crippen LogP contribution in [0.3, 0.4) is 0 Å². The van der Waals surface area contributed by atoms with Gasteiger partial charge in [0, 0.05) is 58.1 Å². The molecule has 13 rings (SSSR count). The number of carbonyl (C=O) groups is 8. The summed E-state index contributed by atoms with van der Waals surface area (Å²) in [5, 5.41) is 21.8. The number of allylic oxidation sites excluding steroid dienone is 2. The second kappa shape index (κ2) is 34.0. The third-order valence-electron chi connectivity index (χ3n) is 22.5. The first-order valence-electron chi connectivity index (χ1n) is 39.2. The van der Waals surface area contributed by atoms with E-state index in [4.69, 9.17) is 18.9 Å². The average Bonchev–Trinajstić information content (AvgIpc) is 1.57. The van der Waals surface area contributed by atoms with Crippen LogP contribution >= 0.6 is 0 Å². The fraction of sp³-hybridized carbons (Fsp3) is 0.494. The average molecular weight is 1660 g/mol. The molecule has 4 saturated carbocycles. The van der Waals surface area contributed by atoms with E-state index in [-0.39, 0.29) is 58.2 Å². The molecule has 622 valence electrons. The summed E-state index contributed by atoms with van der Waals surface area (Å²) in [6, 6.07) is 34.1. The van der Waals surface area contributed by atoms with E-state index in [0.29, 0.717) is 50.5 Å². The van der Waals surface area contributed by atoms with E-state index >= 15 is 4.79 Å². The Morgan fingerprint density at radius 2 is 0.914 bits per heavy atom. The molecule has 6 N–H and O–H groups in total. The van der Waals surface area contributed by atoms with Crippen molar-refractivity contribution in [3.63, 3.8) is 0 Å². The van der Waals surface area contributed by atoms with Crippen molar-refractivity contribution in [1.82, 2.24) is 44.8 Å². The molecule has 0 bridgehead atoms. The molecule has 8 aliphatic rings. The fourth-order valence-electron chi connectivity index (χ4n) is 15.7. The van der Waals surface area contributed by atoms with E-state index in [0.717, 1.165) is 62.0 Å². The molecule has 5 aromatic rings. The smallest absolute Gasteiger partial charge is 0.408 e. The second-order valence-corrected chi connectivity index (χ2v) is 39.0. The lowest BCUT2D eigenvalue weighted by atomic mass is 9.89. The number of nitro benzene ring substituents is 1. The van der Waals surface area contributed by atoms with Crippen LogP contribution in [-0.2, 0) is 89.0 Å². The molecule has 4 aliphatic carbocycles. The summed E-state index contributed by atoms with van der Waals surface area (Å²) in [6.07, 6.45) is 10.8. The van der Waals surface area contributed by atoms with E-state index < -0.39 is 180 Å². The summed E-state index contributed by atoms with van der Waals surface area (Å²) in [6.45, 7) is 8.66. The number of nitrogens with one attached hydrogen (secondary N) is 6. The van der Waals surface area contributed by atoms with E-state index in [9.17, 15) is 68.9 Å². The first-order valence-corrected chi connectivity index (χ1v) is 43.7. The summed E-state index contributed by atoms with van der Waals surface area (Å²) >= 11 is 0. The predicted molar refractivity (Wildman–Crippen MR) is 428 cm³/mol. The molecular formula is C83H102N10O20S3. The summed E-state index contributed by atoms with van der Waals surface area (Å²) in [4.78, 5) is 127. The maximum atomic E-state index is 15.3. The third kappa shape index (κ3) is 19.3. The number of amides is 8. The highest BCUT2D eigenvalue weighted by Crippen LogP contribution is 2.50. The van der Waals surface area contributed by atoms with Gasteiger partial charge < -0.3 is 50.0 Å². The summed E-state index contributed by atoms with van der Waals surface area (Å²) < 4.78 is 110. The summed E-state index contributed by atoms with van der Waals surface area (Å²) in [7, 11) is -9.73. The first-order chi connectivity index (χ1) is 54.9. The van der Waals surface area contributed by atoms with Crippen molar-refractivity contribution < 1.29 is 87.5 Å². The lowest BCUT2D eigenvalue weighted by Crippen LogP contribution is -2.60. The number of ether oxygens (including phenoxy) is 4. The van der Waals surface area contributed by atoms with Gasteiger partial charge in [0.25, 0.3) is 17.5 Å². The predicted octanol–water partition coefficient (Wildman–Crippen LogP) is 8.82. The lowest BCUT2D eigenvalue weighted by molar-refractivity contribution is -0.387. The van der Waals surface area contributed by atoms with E-state index in [1.807, 2.05) is 109 Å². The van der Waals surface area contributed by atoms with Gasteiger partial charge in [-0.05, 0) is 152 Å². The number of nitro groups is 1. The number of nitrogens with zero attached hydrogens (tertiary/aromatic N) is 4. The molecule has 5 aromatic carbocycles. The molecular weight excluding hydrogens is 1550 g/mol. The normalized spacial score (nSPS) is 27.5. The highest BCUT2D eigenvalue weighted by molar-refractivity contribution is 7.91. The Kier molecular flexibility index (Phi) is 25.0. The van der Waals surface area contributed by atoms with Crippen molar-refractivity contribution in [2.45, 2.75) is 211 Å². The van der Waals surface area contributed by atoms with E-state index in [1.165, 1.54) is 31.3 Å². The number of rotatable bonds is 17. The quantitative estimate of drug-likeness (QED) is 0.0287. The lowest BCUT2D eigenvalue weighted by Gasteiger charge is -2.33. The number of hydrogen-bond donors (Lipinski definition) is 6. The van der Waals surface area contributed by atoms with Gasteiger partial charge in [0.1, 0.15) is 57.6 Å². The molecule has 2 unspecified atom stereocenters. The van der Waals surface area contributed by atoms with Gasteiger partial charge in [-0.3, -0.25) is 48.3 Å². The zero-order chi connectivity index (χ0) is 83.6. The molecule has 0 radical (unpaired) electrons. The number of carbonyl (C=O) groups excluding carboxylic acids is 8. The van der Waals surface area contributed by atoms with Gasteiger partial charge in [0.2, 0.25) is 53.7 Å². The van der Waals surface area contributed by atoms with Crippen molar-refractivity contribution >= 4 is 83.4 Å². The molecule has 0 spiro atoms. The van der Waals surface area contributed by atoms with Crippen LogP contribution in [-0.4, -0.2) is 189 Å². The monoisotopic (exact) mass is 1650 g/mol. The first kappa shape index (κ1) is 85.4. The van der Waals surface area contributed by atoms with Crippen molar-refractivity contribution in [1.29, 1.82) is 0 Å². The Labute approximate surface area is 676 Å². The third-order valence-corrected chi connectivity index (χ3v) is 28.0. The van der Waals surface area contributed by atoms with Gasteiger partial charge in [-0.2, -0.15) is 4.31 Å². The number of methoxy groups -OCH3 is 2. The molecule has 116 heavy (non-hydrogen) atoms. The number of benzene rings is 5. The molecule has 2 saturated heterocycles. The zero-order valence-electron chi connectivity index (χ0n) is 66.2. The molecule has 10 atom stereocenters. The highest BCUT2D eigenvalue weighted by atomic mass is 32.2. The Morgan fingerprint density at radius 3 is 1.34 bits per heavy atom. The Balaban J connectivity index is 0.000000219. The zero-order valence-corrected chi connectivity index (χ0v) is 68.7. The number of alkyl carbamates (subject to hydrolysis) is 2. The van der Waals surface area contributed by atoms with Gasteiger partial charge >= 0.3 is 12.2 Å². The van der Waals surface area contributed by atoms with Crippen molar-refractivity contribution in [2.24, 2.45) is 11.8 Å². The molecule has 4 heterocycles. The van der Waals surface area contributed by atoms with Crippen LogP contribution in [0.15, 0.2) is 163 Å². The Morgan fingerprint density at radius 1 is 0.509 bits per heavy atom. The second-order valence-electron chi connectivity index (χ2n) is 33.2. The van der Waals surface area contributed by atoms with E-state index in [1.54, 1.807) is 65.8 Å². The van der Waals surface area contributed by atoms with Crippen LogP contribution in [0.2, 0.25) is 0 Å². The topological polar surface area (TPSA) is 401 Å². The molecule has 6 fully saturated rings. The van der Waals surface area contributed by atoms with Crippen LogP contribution in [0.5, 0.6) is 0 Å². The van der Waals surface area contributed by atoms with Crippen molar-refractivity contribution in [3.05, 3.63) is 179 Å². The minimum atomic E-state index is -4.76. The number of para-hydroxylation sites is 1. The van der Waals surface area contributed by atoms with Crippen molar-refractivity contribution in [2.75, 3.05) is 40.4 Å². The molecule has 33 heteroatoms. The summed E-state index contributed by atoms with van der Waals surface area (Å²) in [5.74, 6) is -5.62. The van der Waals surface area contributed by atoms with Crippen LogP contribution in [0, 0.1) is 22.0 Å². The van der Waals surface area contributed by atoms with Gasteiger partial charge in [-0.1, -0.05) is 158 Å². The van der Waals surface area contributed by atoms with Crippen molar-refractivity contribution in [3.8, 4) is 22.3 Å². The number of hydrogen-bond acceptors (Lipinski definition) is 20. The maximum Gasteiger partial charge on any atom is 0.408 e. The minimum Gasteiger partial charge on any atom is -0.444 e. The van der Waals surface area contributed by atoms with Gasteiger partial charge in [0.15, 0.2) is 4.90 Å². The van der Waals surface area contributed by atoms with Crippen LogP contribution < -0.4 is 30.7 Å². The van der Waals surface area contributed by atoms with Crippen LogP contribution in [0.4, 0.5) is 15.3 Å². The SMILES string of the molecule is CO[C@@]1(c2ccc(-c3ccccc3)cc2)C[C@H]2C(=O)N[C@]3(C(=O)NS(=O)(=O)C4CC4)CC3/C=C\CCCN(S(=O)(=O)c3ccccc3[N+](=O)[O-])CC(NC(=O)OC(C)(C)C)C(=O)N2C1.CO[C@@]1(c2ccc(-c3ccccc3)cc2)C[C@H]2C(=O)N[C@]3(C(=O)NS(=O)(=O)C4CC4)C[C@H]3/C=C\CCCCC[C@H](NC(=O)OC(C)(C)C)C(=O)N2C1. The van der Waals surface area contributed by atoms with Crippen LogP contribution in [0.1, 0.15) is 149 Å². The number of sulfonamides is 3. The van der Waals surface area contributed by atoms with Gasteiger partial charge in [-0.25, -0.2) is 34.8 Å². The Bertz CT molecular complexity index is 4980. The van der Waals surface area contributed by atoms with Crippen LogP contribution in [0.25, 0.3) is 22.3 Å². The standard InChI is InChI=1S/C44H52N6O12S2.C39H50N4O8S/c1-42(2,3)62-41(54)45-34-27-48(64(59,60)37-17-11-10-16-35(37)50(55)56)24-12-6-9-15-32-25-44(32,40(53)47-63(57,58)33-22-23-33)46-38(51)36-26-43(61-4,28-49(36)39(34)52)31-20-18-30(19-21-31)29-13-7-5-8-14-29;1-37(2,3)51-36(47)40-31-16-12-7-5-6-11-15-29-23-39(29,35(46)42-52(48,49)30-21-22-30)41-33(44)32-24-38(50-4,25-43(32)34(31)45)28-19-17-27(18-20-28)26-13-9-8-10-14-26/h5,7-11,13-21,32-34,36H,6,12,22-28H2,1-4H3,(H,45,54)(H,46,51)(H,47,53);8-11,13-15,17-20,29-32H,5-7,12,16,21-25H2,1-4H3,(H,40,47)(H,41,44)(H,42,46)/b15-9-;15-11-/t32?,34?,36-,43-,44+;29-,31+,32+,38+,39-/m01/s1. The molecule has 8 amide bonds. The number of fused-ring (bicyclic) bond motifs is 4. The fourth-order valence-corrected chi connectivity index (χ4v) is 20.0. The Hall–Kier alpha value is -9.93. The maximum absolute atomic E-state index is 15.3. The highest BCUT2D eigenvalue weighted by Gasteiger charge is 2.65.